The van der Waals surface area contributed by atoms with Gasteiger partial charge in [0.2, 0.25) is 11.7 Å². The molecule has 3 rings (SSSR count). The van der Waals surface area contributed by atoms with Crippen LogP contribution in [0, 0.1) is 6.92 Å². The van der Waals surface area contributed by atoms with Crippen LogP contribution in [0.3, 0.4) is 0 Å². The van der Waals surface area contributed by atoms with Crippen LogP contribution in [0.15, 0.2) is 39.9 Å². The molecule has 1 aromatic heterocycles. The molecule has 0 unspecified atom stereocenters. The number of hydrazone groups is 1. The number of benzene rings is 1. The number of carbonyl (C=O) groups excluding carboxylic acids is 2. The topological polar surface area (TPSA) is 80.9 Å². The van der Waals surface area contributed by atoms with Crippen molar-refractivity contribution in [2.45, 2.75) is 52.6 Å². The van der Waals surface area contributed by atoms with Crippen LogP contribution < -0.4 is 5.43 Å². The lowest BCUT2D eigenvalue weighted by Crippen LogP contribution is -2.23. The second-order valence-corrected chi connectivity index (χ2v) is 6.92. The molecule has 0 aliphatic heterocycles. The molecule has 6 nitrogen and oxygen atoms in total. The Bertz CT molecular complexity index is 866. The van der Waals surface area contributed by atoms with Gasteiger partial charge in [-0.25, -0.2) is 10.2 Å². The summed E-state index contributed by atoms with van der Waals surface area (Å²) < 4.78 is 11.0. The number of esters is 1. The normalized spacial score (nSPS) is 14.9. The van der Waals surface area contributed by atoms with Gasteiger partial charge in [-0.1, -0.05) is 30.3 Å². The van der Waals surface area contributed by atoms with Crippen molar-refractivity contribution in [3.8, 4) is 0 Å². The highest BCUT2D eigenvalue weighted by Gasteiger charge is 2.29. The molecule has 1 heterocycles. The fourth-order valence-electron chi connectivity index (χ4n) is 3.19. The Morgan fingerprint density at radius 1 is 1.22 bits per heavy atom. The molecular weight excluding hydrogens is 344 g/mol. The predicted molar refractivity (Wildman–Crippen MR) is 102 cm³/mol. The highest BCUT2D eigenvalue weighted by molar-refractivity contribution is 6.06. The van der Waals surface area contributed by atoms with Crippen LogP contribution in [0.25, 0.3) is 0 Å². The largest absolute Gasteiger partial charge is 0.457 e. The van der Waals surface area contributed by atoms with Gasteiger partial charge < -0.3 is 9.15 Å². The maximum absolute atomic E-state index is 12.2. The van der Waals surface area contributed by atoms with E-state index in [2.05, 4.69) is 10.5 Å². The van der Waals surface area contributed by atoms with Gasteiger partial charge in [0.25, 0.3) is 0 Å². The SMILES string of the molecule is Cc1c(C(=O)OC(C)C)oc2c1/C(=N/NC(=O)Cc1ccccc1)CCC2. The summed E-state index contributed by atoms with van der Waals surface area (Å²) in [7, 11) is 0. The number of furan rings is 1. The molecule has 27 heavy (non-hydrogen) atoms. The number of amides is 1. The van der Waals surface area contributed by atoms with Crippen molar-refractivity contribution in [2.75, 3.05) is 0 Å². The van der Waals surface area contributed by atoms with Gasteiger partial charge in [0, 0.05) is 17.5 Å². The quantitative estimate of drug-likeness (QED) is 0.646. The van der Waals surface area contributed by atoms with Crippen molar-refractivity contribution in [3.63, 3.8) is 0 Å². The minimum Gasteiger partial charge on any atom is -0.457 e. The predicted octanol–water partition coefficient (Wildman–Crippen LogP) is 3.55. The summed E-state index contributed by atoms with van der Waals surface area (Å²) in [6, 6.07) is 9.51. The molecule has 1 aliphatic rings. The number of aryl methyl sites for hydroxylation is 1. The maximum Gasteiger partial charge on any atom is 0.374 e. The van der Waals surface area contributed by atoms with Crippen molar-refractivity contribution in [2.24, 2.45) is 5.10 Å². The van der Waals surface area contributed by atoms with Crippen LogP contribution in [0.4, 0.5) is 0 Å². The highest BCUT2D eigenvalue weighted by atomic mass is 16.6. The highest BCUT2D eigenvalue weighted by Crippen LogP contribution is 2.30. The maximum atomic E-state index is 12.2. The third kappa shape index (κ3) is 4.45. The van der Waals surface area contributed by atoms with Crippen molar-refractivity contribution in [1.82, 2.24) is 5.43 Å². The molecule has 142 valence electrons. The first-order valence-electron chi connectivity index (χ1n) is 9.18. The van der Waals surface area contributed by atoms with Crippen LogP contribution >= 0.6 is 0 Å². The molecule has 0 radical (unpaired) electrons. The molecule has 1 aromatic carbocycles. The van der Waals surface area contributed by atoms with E-state index >= 15 is 0 Å². The average molecular weight is 368 g/mol. The van der Waals surface area contributed by atoms with E-state index in [1.165, 1.54) is 0 Å². The zero-order valence-electron chi connectivity index (χ0n) is 15.9. The lowest BCUT2D eigenvalue weighted by atomic mass is 9.93. The number of nitrogens with zero attached hydrogens (tertiary/aromatic N) is 1. The van der Waals surface area contributed by atoms with Crippen molar-refractivity contribution < 1.29 is 18.7 Å². The molecule has 6 heteroatoms. The summed E-state index contributed by atoms with van der Waals surface area (Å²) in [5.41, 5.74) is 5.83. The molecule has 0 saturated carbocycles. The van der Waals surface area contributed by atoms with E-state index < -0.39 is 5.97 Å². The summed E-state index contributed by atoms with van der Waals surface area (Å²) in [4.78, 5) is 24.4. The summed E-state index contributed by atoms with van der Waals surface area (Å²) in [5.74, 6) is 0.301. The Labute approximate surface area is 158 Å². The van der Waals surface area contributed by atoms with E-state index in [-0.39, 0.29) is 24.2 Å². The van der Waals surface area contributed by atoms with Gasteiger partial charge >= 0.3 is 5.97 Å². The van der Waals surface area contributed by atoms with E-state index in [0.29, 0.717) is 5.56 Å². The molecule has 0 spiro atoms. The van der Waals surface area contributed by atoms with Gasteiger partial charge in [0.1, 0.15) is 5.76 Å². The minimum atomic E-state index is -0.468. The molecule has 0 fully saturated rings. The number of ether oxygens (including phenoxy) is 1. The Hall–Kier alpha value is -2.89. The summed E-state index contributed by atoms with van der Waals surface area (Å²) in [5, 5.41) is 4.32. The van der Waals surface area contributed by atoms with Crippen LogP contribution in [0.1, 0.15) is 59.7 Å². The lowest BCUT2D eigenvalue weighted by Gasteiger charge is -2.13. The Balaban J connectivity index is 1.77. The van der Waals surface area contributed by atoms with E-state index in [9.17, 15) is 9.59 Å². The summed E-state index contributed by atoms with van der Waals surface area (Å²) in [6.07, 6.45) is 2.36. The van der Waals surface area contributed by atoms with E-state index in [4.69, 9.17) is 9.15 Å². The fourth-order valence-corrected chi connectivity index (χ4v) is 3.19. The number of hydrogen-bond donors (Lipinski definition) is 1. The minimum absolute atomic E-state index is 0.179. The molecule has 1 N–H and O–H groups in total. The van der Waals surface area contributed by atoms with E-state index in [1.807, 2.05) is 37.3 Å². The van der Waals surface area contributed by atoms with Crippen LogP contribution in [-0.2, 0) is 22.4 Å². The van der Waals surface area contributed by atoms with Gasteiger partial charge in [-0.3, -0.25) is 4.79 Å². The zero-order chi connectivity index (χ0) is 19.4. The van der Waals surface area contributed by atoms with Crippen LogP contribution in [0.5, 0.6) is 0 Å². The number of nitrogens with one attached hydrogen (secondary N) is 1. The summed E-state index contributed by atoms with van der Waals surface area (Å²) >= 11 is 0. The number of carbonyl (C=O) groups is 2. The lowest BCUT2D eigenvalue weighted by molar-refractivity contribution is -0.120. The molecule has 0 saturated heterocycles. The van der Waals surface area contributed by atoms with E-state index in [1.54, 1.807) is 13.8 Å². The molecule has 1 aliphatic carbocycles. The first-order valence-corrected chi connectivity index (χ1v) is 9.18. The van der Waals surface area contributed by atoms with Gasteiger partial charge in [-0.05, 0) is 39.2 Å². The fraction of sp³-hybridized carbons (Fsp3) is 0.381. The van der Waals surface area contributed by atoms with Crippen molar-refractivity contribution >= 4 is 17.6 Å². The third-order valence-corrected chi connectivity index (χ3v) is 4.38. The van der Waals surface area contributed by atoms with Crippen LogP contribution in [0.2, 0.25) is 0 Å². The first-order chi connectivity index (χ1) is 13.0. The molecule has 2 aromatic rings. The zero-order valence-corrected chi connectivity index (χ0v) is 15.9. The molecule has 1 amide bonds. The number of hydrogen-bond acceptors (Lipinski definition) is 5. The second-order valence-electron chi connectivity index (χ2n) is 6.92. The van der Waals surface area contributed by atoms with E-state index in [0.717, 1.165) is 41.9 Å². The van der Waals surface area contributed by atoms with Gasteiger partial charge in [-0.15, -0.1) is 0 Å². The molecule has 0 bridgehead atoms. The standard InChI is InChI=1S/C21H24N2O4/c1-13(2)26-21(25)20-14(3)19-16(10-7-11-17(19)27-20)22-23-18(24)12-15-8-5-4-6-9-15/h4-6,8-9,13H,7,10-12H2,1-3H3,(H,23,24)/b22-16+. The Kier molecular flexibility index (Phi) is 5.74. The smallest absolute Gasteiger partial charge is 0.374 e. The number of fused-ring (bicyclic) bond motifs is 1. The monoisotopic (exact) mass is 368 g/mol. The number of rotatable bonds is 5. The van der Waals surface area contributed by atoms with Gasteiger partial charge in [-0.2, -0.15) is 5.10 Å². The van der Waals surface area contributed by atoms with Gasteiger partial charge in [0.05, 0.1) is 18.2 Å². The molecular formula is C21H24N2O4. The third-order valence-electron chi connectivity index (χ3n) is 4.38. The molecule has 0 atom stereocenters. The van der Waals surface area contributed by atoms with Crippen LogP contribution in [-0.4, -0.2) is 23.7 Å². The second kappa shape index (κ2) is 8.20. The van der Waals surface area contributed by atoms with Crippen molar-refractivity contribution in [1.29, 1.82) is 0 Å². The first kappa shape index (κ1) is 18.9. The average Bonchev–Trinajstić information content (AvgIpc) is 2.98. The Morgan fingerprint density at radius 3 is 2.67 bits per heavy atom. The van der Waals surface area contributed by atoms with Crippen molar-refractivity contribution in [3.05, 3.63) is 58.5 Å². The Morgan fingerprint density at radius 2 is 1.96 bits per heavy atom. The van der Waals surface area contributed by atoms with Gasteiger partial charge in [0.15, 0.2) is 0 Å². The summed E-state index contributed by atoms with van der Waals surface area (Å²) in [6.45, 7) is 5.42.